The third-order valence-corrected chi connectivity index (χ3v) is 5.30. The molecule has 1 saturated heterocycles. The van der Waals surface area contributed by atoms with Crippen LogP contribution in [0.2, 0.25) is 0 Å². The number of ether oxygens (including phenoxy) is 1. The SMILES string of the molecule is CC(C)(C)OC(=O)N(CC1CCNC1)C(=O)CC(c1ccccc1)c1ccccc1. The highest BCUT2D eigenvalue weighted by Gasteiger charge is 2.32. The van der Waals surface area contributed by atoms with Crippen LogP contribution in [0.5, 0.6) is 0 Å². The quantitative estimate of drug-likeness (QED) is 0.760. The fourth-order valence-electron chi connectivity index (χ4n) is 3.81. The van der Waals surface area contributed by atoms with Crippen LogP contribution in [0.1, 0.15) is 50.7 Å². The van der Waals surface area contributed by atoms with E-state index in [1.165, 1.54) is 4.90 Å². The van der Waals surface area contributed by atoms with Gasteiger partial charge >= 0.3 is 6.09 Å². The molecule has 0 bridgehead atoms. The van der Waals surface area contributed by atoms with Crippen molar-refractivity contribution in [3.63, 3.8) is 0 Å². The Bertz CT molecular complexity index is 785. The van der Waals surface area contributed by atoms with E-state index in [0.29, 0.717) is 6.54 Å². The van der Waals surface area contributed by atoms with Crippen LogP contribution in [0.3, 0.4) is 0 Å². The van der Waals surface area contributed by atoms with Crippen molar-refractivity contribution in [1.82, 2.24) is 10.2 Å². The van der Waals surface area contributed by atoms with Gasteiger partial charge in [-0.25, -0.2) is 9.69 Å². The Kier molecular flexibility index (Phi) is 7.27. The number of carbonyl (C=O) groups excluding carboxylic acids is 2. The first kappa shape index (κ1) is 22.0. The average Bonchev–Trinajstić information content (AvgIpc) is 3.23. The summed E-state index contributed by atoms with van der Waals surface area (Å²) in [6.07, 6.45) is 0.611. The van der Waals surface area contributed by atoms with Gasteiger partial charge in [0.05, 0.1) is 0 Å². The van der Waals surface area contributed by atoms with Crippen LogP contribution in [0.15, 0.2) is 60.7 Å². The molecule has 0 aromatic heterocycles. The van der Waals surface area contributed by atoms with Gasteiger partial charge in [-0.05, 0) is 57.3 Å². The van der Waals surface area contributed by atoms with Crippen LogP contribution in [0.4, 0.5) is 4.79 Å². The Balaban J connectivity index is 1.84. The summed E-state index contributed by atoms with van der Waals surface area (Å²) in [5.74, 6) is -0.0613. The Morgan fingerprint density at radius 3 is 2.07 bits per heavy atom. The molecule has 0 saturated carbocycles. The summed E-state index contributed by atoms with van der Waals surface area (Å²) in [7, 11) is 0. The molecule has 5 heteroatoms. The minimum Gasteiger partial charge on any atom is -0.443 e. The van der Waals surface area contributed by atoms with Gasteiger partial charge < -0.3 is 10.1 Å². The van der Waals surface area contributed by atoms with E-state index in [1.54, 1.807) is 0 Å². The number of nitrogens with zero attached hydrogens (tertiary/aromatic N) is 1. The zero-order chi connectivity index (χ0) is 21.6. The lowest BCUT2D eigenvalue weighted by atomic mass is 9.88. The largest absolute Gasteiger partial charge is 0.443 e. The molecule has 160 valence electrons. The van der Waals surface area contributed by atoms with Gasteiger partial charge in [-0.1, -0.05) is 60.7 Å². The number of hydrogen-bond donors (Lipinski definition) is 1. The van der Waals surface area contributed by atoms with E-state index in [1.807, 2.05) is 81.4 Å². The maximum absolute atomic E-state index is 13.4. The number of amides is 2. The van der Waals surface area contributed by atoms with E-state index in [0.717, 1.165) is 30.6 Å². The van der Waals surface area contributed by atoms with Crippen LogP contribution >= 0.6 is 0 Å². The Morgan fingerprint density at radius 1 is 1.03 bits per heavy atom. The van der Waals surface area contributed by atoms with Crippen molar-refractivity contribution >= 4 is 12.0 Å². The molecule has 2 aromatic carbocycles. The van der Waals surface area contributed by atoms with E-state index in [9.17, 15) is 9.59 Å². The highest BCUT2D eigenvalue weighted by Crippen LogP contribution is 2.29. The molecule has 1 atom stereocenters. The van der Waals surface area contributed by atoms with Gasteiger partial charge in [0.1, 0.15) is 5.60 Å². The van der Waals surface area contributed by atoms with E-state index in [-0.39, 0.29) is 24.2 Å². The van der Waals surface area contributed by atoms with E-state index < -0.39 is 11.7 Å². The van der Waals surface area contributed by atoms with Crippen molar-refractivity contribution in [3.8, 4) is 0 Å². The zero-order valence-electron chi connectivity index (χ0n) is 18.1. The number of hydrogen-bond acceptors (Lipinski definition) is 4. The predicted octanol–water partition coefficient (Wildman–Crippen LogP) is 4.58. The van der Waals surface area contributed by atoms with Gasteiger partial charge in [0.15, 0.2) is 0 Å². The summed E-state index contributed by atoms with van der Waals surface area (Å²) < 4.78 is 5.57. The summed E-state index contributed by atoms with van der Waals surface area (Å²) in [6, 6.07) is 20.0. The first-order valence-electron chi connectivity index (χ1n) is 10.7. The lowest BCUT2D eigenvalue weighted by molar-refractivity contribution is -0.131. The van der Waals surface area contributed by atoms with Crippen molar-refractivity contribution in [3.05, 3.63) is 71.8 Å². The lowest BCUT2D eigenvalue weighted by Gasteiger charge is -2.29. The molecule has 1 unspecified atom stereocenters. The van der Waals surface area contributed by atoms with Crippen LogP contribution in [0.25, 0.3) is 0 Å². The summed E-state index contributed by atoms with van der Waals surface area (Å²) in [6.45, 7) is 7.58. The maximum Gasteiger partial charge on any atom is 0.417 e. The van der Waals surface area contributed by atoms with Crippen LogP contribution in [-0.2, 0) is 9.53 Å². The van der Waals surface area contributed by atoms with E-state index in [2.05, 4.69) is 5.32 Å². The minimum absolute atomic E-state index is 0.119. The van der Waals surface area contributed by atoms with Crippen LogP contribution in [0, 0.1) is 5.92 Å². The molecule has 30 heavy (non-hydrogen) atoms. The molecule has 1 heterocycles. The molecular weight excluding hydrogens is 376 g/mol. The number of rotatable bonds is 6. The van der Waals surface area contributed by atoms with Crippen LogP contribution in [-0.4, -0.2) is 42.1 Å². The fraction of sp³-hybridized carbons (Fsp3) is 0.440. The summed E-state index contributed by atoms with van der Waals surface area (Å²) in [5.41, 5.74) is 1.47. The Morgan fingerprint density at radius 2 is 1.60 bits per heavy atom. The Hall–Kier alpha value is -2.66. The maximum atomic E-state index is 13.4. The Labute approximate surface area is 179 Å². The molecule has 1 N–H and O–H groups in total. The summed E-state index contributed by atoms with van der Waals surface area (Å²) in [5, 5.41) is 3.31. The van der Waals surface area contributed by atoms with Crippen molar-refractivity contribution in [2.75, 3.05) is 19.6 Å². The van der Waals surface area contributed by atoms with Crippen LogP contribution < -0.4 is 5.32 Å². The smallest absolute Gasteiger partial charge is 0.417 e. The second-order valence-electron chi connectivity index (χ2n) is 8.92. The van der Waals surface area contributed by atoms with Gasteiger partial charge in [0, 0.05) is 18.9 Å². The van der Waals surface area contributed by atoms with Crippen molar-refractivity contribution in [2.24, 2.45) is 5.92 Å². The third kappa shape index (κ3) is 6.17. The lowest BCUT2D eigenvalue weighted by Crippen LogP contribution is -2.44. The van der Waals surface area contributed by atoms with E-state index in [4.69, 9.17) is 4.74 Å². The molecule has 0 radical (unpaired) electrons. The highest BCUT2D eigenvalue weighted by molar-refractivity contribution is 5.92. The van der Waals surface area contributed by atoms with Gasteiger partial charge in [0.2, 0.25) is 5.91 Å². The molecule has 1 aliphatic heterocycles. The molecule has 0 spiro atoms. The average molecular weight is 409 g/mol. The topological polar surface area (TPSA) is 58.6 Å². The number of benzene rings is 2. The summed E-state index contributed by atoms with van der Waals surface area (Å²) in [4.78, 5) is 27.6. The number of carbonyl (C=O) groups is 2. The first-order chi connectivity index (χ1) is 14.3. The summed E-state index contributed by atoms with van der Waals surface area (Å²) >= 11 is 0. The molecular formula is C25H32N2O3. The van der Waals surface area contributed by atoms with Crippen molar-refractivity contribution in [2.45, 2.75) is 45.1 Å². The van der Waals surface area contributed by atoms with Crippen molar-refractivity contribution < 1.29 is 14.3 Å². The van der Waals surface area contributed by atoms with Gasteiger partial charge in [-0.2, -0.15) is 0 Å². The van der Waals surface area contributed by atoms with Gasteiger partial charge in [-0.15, -0.1) is 0 Å². The van der Waals surface area contributed by atoms with Gasteiger partial charge in [0.25, 0.3) is 0 Å². The number of nitrogens with one attached hydrogen (secondary N) is 1. The molecule has 2 amide bonds. The fourth-order valence-corrected chi connectivity index (χ4v) is 3.81. The molecule has 1 aliphatic rings. The second kappa shape index (κ2) is 9.90. The molecule has 1 fully saturated rings. The molecule has 3 rings (SSSR count). The predicted molar refractivity (Wildman–Crippen MR) is 118 cm³/mol. The second-order valence-corrected chi connectivity index (χ2v) is 8.92. The normalized spacial score (nSPS) is 16.5. The molecule has 0 aliphatic carbocycles. The standard InChI is InChI=1S/C25H32N2O3/c1-25(2,3)30-24(29)27(18-19-14-15-26-17-19)23(28)16-22(20-10-6-4-7-11-20)21-12-8-5-9-13-21/h4-13,19,22,26H,14-18H2,1-3H3. The van der Waals surface area contributed by atoms with E-state index >= 15 is 0 Å². The van der Waals surface area contributed by atoms with Gasteiger partial charge in [-0.3, -0.25) is 4.79 Å². The minimum atomic E-state index is -0.651. The van der Waals surface area contributed by atoms with Crippen molar-refractivity contribution in [1.29, 1.82) is 0 Å². The molecule has 5 nitrogen and oxygen atoms in total. The first-order valence-corrected chi connectivity index (χ1v) is 10.7. The monoisotopic (exact) mass is 408 g/mol. The zero-order valence-corrected chi connectivity index (χ0v) is 18.1. The third-order valence-electron chi connectivity index (χ3n) is 5.30. The number of imide groups is 1. The highest BCUT2D eigenvalue weighted by atomic mass is 16.6. The molecule has 2 aromatic rings.